The number of carboxylic acid groups (broad SMARTS) is 1. The molecule has 0 radical (unpaired) electrons. The number of hydrogen-bond acceptors (Lipinski definition) is 3. The first kappa shape index (κ1) is 16.4. The molecule has 0 saturated carbocycles. The second-order valence-corrected chi connectivity index (χ2v) is 4.92. The number of aliphatic carboxylic acids is 1. The summed E-state index contributed by atoms with van der Waals surface area (Å²) in [6.45, 7) is 9.13. The molecule has 0 bridgehead atoms. The molecule has 0 heterocycles. The van der Waals surface area contributed by atoms with Crippen molar-refractivity contribution in [2.24, 2.45) is 0 Å². The van der Waals surface area contributed by atoms with Crippen LogP contribution in [0.3, 0.4) is 0 Å². The van der Waals surface area contributed by atoms with Crippen molar-refractivity contribution < 1.29 is 19.8 Å². The van der Waals surface area contributed by atoms with Crippen LogP contribution >= 0.6 is 0 Å². The molecular formula is C12H22N2O4. The molecule has 0 spiro atoms. The Kier molecular flexibility index (Phi) is 6.40. The predicted octanol–water partition coefficient (Wildman–Crippen LogP) is 0.818. The number of carboxylic acids is 1. The van der Waals surface area contributed by atoms with E-state index in [0.29, 0.717) is 6.54 Å². The van der Waals surface area contributed by atoms with E-state index < -0.39 is 23.6 Å². The molecule has 0 aliphatic heterocycles. The highest BCUT2D eigenvalue weighted by Crippen LogP contribution is 2.13. The molecule has 0 aromatic heterocycles. The average Bonchev–Trinajstić information content (AvgIpc) is 2.23. The van der Waals surface area contributed by atoms with Gasteiger partial charge in [-0.15, -0.1) is 6.58 Å². The van der Waals surface area contributed by atoms with Crippen LogP contribution in [0.5, 0.6) is 0 Å². The number of carbonyl (C=O) groups is 2. The van der Waals surface area contributed by atoms with Gasteiger partial charge in [0.15, 0.2) is 0 Å². The summed E-state index contributed by atoms with van der Waals surface area (Å²) in [6.07, 6.45) is 1.56. The van der Waals surface area contributed by atoms with E-state index in [1.807, 2.05) is 20.8 Å². The first-order valence-corrected chi connectivity index (χ1v) is 5.76. The Morgan fingerprint density at radius 3 is 2.33 bits per heavy atom. The minimum Gasteiger partial charge on any atom is -0.480 e. The van der Waals surface area contributed by atoms with Gasteiger partial charge in [-0.3, -0.25) is 0 Å². The molecule has 18 heavy (non-hydrogen) atoms. The normalized spacial score (nSPS) is 12.7. The van der Waals surface area contributed by atoms with Gasteiger partial charge in [-0.1, -0.05) is 6.08 Å². The molecular weight excluding hydrogens is 236 g/mol. The van der Waals surface area contributed by atoms with Crippen molar-refractivity contribution in [1.29, 1.82) is 0 Å². The van der Waals surface area contributed by atoms with Crippen molar-refractivity contribution in [3.63, 3.8) is 0 Å². The van der Waals surface area contributed by atoms with Gasteiger partial charge in [-0.2, -0.15) is 0 Å². The van der Waals surface area contributed by atoms with Gasteiger partial charge < -0.3 is 20.4 Å². The highest BCUT2D eigenvalue weighted by Gasteiger charge is 2.28. The van der Waals surface area contributed by atoms with Gasteiger partial charge in [0.1, 0.15) is 6.04 Å². The smallest absolute Gasteiger partial charge is 0.326 e. The lowest BCUT2D eigenvalue weighted by Gasteiger charge is -2.35. The van der Waals surface area contributed by atoms with E-state index in [2.05, 4.69) is 11.9 Å². The van der Waals surface area contributed by atoms with E-state index in [0.717, 1.165) is 0 Å². The van der Waals surface area contributed by atoms with Crippen molar-refractivity contribution in [2.75, 3.05) is 13.2 Å². The van der Waals surface area contributed by atoms with Gasteiger partial charge in [0.2, 0.25) is 0 Å². The van der Waals surface area contributed by atoms with E-state index in [-0.39, 0.29) is 13.0 Å². The Hall–Kier alpha value is -1.56. The number of nitrogens with one attached hydrogen (secondary N) is 1. The highest BCUT2D eigenvalue weighted by atomic mass is 16.4. The molecule has 0 fully saturated rings. The number of rotatable bonds is 6. The molecule has 104 valence electrons. The van der Waals surface area contributed by atoms with Gasteiger partial charge in [0.05, 0.1) is 0 Å². The molecule has 0 unspecified atom stereocenters. The number of nitrogens with zero attached hydrogens (tertiary/aromatic N) is 1. The fourth-order valence-electron chi connectivity index (χ4n) is 1.40. The van der Waals surface area contributed by atoms with Crippen LogP contribution < -0.4 is 5.32 Å². The fraction of sp³-hybridized carbons (Fsp3) is 0.667. The Morgan fingerprint density at radius 1 is 1.44 bits per heavy atom. The summed E-state index contributed by atoms with van der Waals surface area (Å²) in [5, 5.41) is 20.0. The topological polar surface area (TPSA) is 89.9 Å². The van der Waals surface area contributed by atoms with E-state index in [1.165, 1.54) is 4.90 Å². The molecule has 0 aliphatic rings. The van der Waals surface area contributed by atoms with Gasteiger partial charge in [-0.05, 0) is 20.8 Å². The first-order valence-electron chi connectivity index (χ1n) is 5.76. The molecule has 0 saturated heterocycles. The van der Waals surface area contributed by atoms with Crippen LogP contribution in [-0.4, -0.2) is 51.8 Å². The van der Waals surface area contributed by atoms with Gasteiger partial charge in [-0.25, -0.2) is 9.59 Å². The van der Waals surface area contributed by atoms with Crippen LogP contribution in [0.4, 0.5) is 4.79 Å². The monoisotopic (exact) mass is 258 g/mol. The zero-order valence-electron chi connectivity index (χ0n) is 11.1. The third kappa shape index (κ3) is 5.18. The zero-order chi connectivity index (χ0) is 14.3. The summed E-state index contributed by atoms with van der Waals surface area (Å²) in [5.41, 5.74) is -0.444. The summed E-state index contributed by atoms with van der Waals surface area (Å²) in [7, 11) is 0. The molecule has 0 aliphatic carbocycles. The summed E-state index contributed by atoms with van der Waals surface area (Å²) in [4.78, 5) is 24.4. The lowest BCUT2D eigenvalue weighted by molar-refractivity contribution is -0.139. The fourth-order valence-corrected chi connectivity index (χ4v) is 1.40. The van der Waals surface area contributed by atoms with Gasteiger partial charge in [0.25, 0.3) is 0 Å². The van der Waals surface area contributed by atoms with Crippen LogP contribution in [-0.2, 0) is 4.79 Å². The van der Waals surface area contributed by atoms with Crippen LogP contribution in [0, 0.1) is 0 Å². The maximum absolute atomic E-state index is 12.0. The second-order valence-electron chi connectivity index (χ2n) is 4.92. The summed E-state index contributed by atoms with van der Waals surface area (Å²) < 4.78 is 0. The molecule has 6 nitrogen and oxygen atoms in total. The first-order chi connectivity index (χ1) is 8.23. The summed E-state index contributed by atoms with van der Waals surface area (Å²) >= 11 is 0. The number of aliphatic hydroxyl groups is 1. The molecule has 6 heteroatoms. The van der Waals surface area contributed by atoms with Gasteiger partial charge >= 0.3 is 12.0 Å². The van der Waals surface area contributed by atoms with E-state index >= 15 is 0 Å². The van der Waals surface area contributed by atoms with Crippen LogP contribution in [0.1, 0.15) is 27.2 Å². The van der Waals surface area contributed by atoms with Crippen LogP contribution in [0.15, 0.2) is 12.7 Å². The summed E-state index contributed by atoms with van der Waals surface area (Å²) in [6, 6.07) is -1.57. The van der Waals surface area contributed by atoms with Crippen molar-refractivity contribution in [2.45, 2.75) is 38.8 Å². The minimum atomic E-state index is -1.16. The van der Waals surface area contributed by atoms with Crippen molar-refractivity contribution in [1.82, 2.24) is 10.2 Å². The lowest BCUT2D eigenvalue weighted by atomic mass is 10.1. The maximum atomic E-state index is 12.0. The number of amides is 2. The molecule has 0 aromatic carbocycles. The minimum absolute atomic E-state index is 0.0207. The van der Waals surface area contributed by atoms with Crippen molar-refractivity contribution in [3.8, 4) is 0 Å². The standard InChI is InChI=1S/C12H22N2O4/c1-5-7-14(12(2,3)4)11(18)13-9(6-8-15)10(16)17/h5,9,15H,1,6-8H2,2-4H3,(H,13,18)(H,16,17)/t9-/m1/s1. The van der Waals surface area contributed by atoms with Gasteiger partial charge in [0, 0.05) is 25.1 Å². The number of carbonyl (C=O) groups excluding carboxylic acids is 1. The van der Waals surface area contributed by atoms with Crippen LogP contribution in [0.2, 0.25) is 0 Å². The number of urea groups is 1. The SMILES string of the molecule is C=CCN(C(=O)N[C@H](CCO)C(=O)O)C(C)(C)C. The lowest BCUT2D eigenvalue weighted by Crippen LogP contribution is -2.54. The Labute approximate surface area is 107 Å². The Balaban J connectivity index is 4.77. The van der Waals surface area contributed by atoms with E-state index in [1.54, 1.807) is 6.08 Å². The third-order valence-corrected chi connectivity index (χ3v) is 2.38. The highest BCUT2D eigenvalue weighted by molar-refractivity contribution is 5.83. The molecule has 2 amide bonds. The maximum Gasteiger partial charge on any atom is 0.326 e. The molecule has 0 aromatic rings. The van der Waals surface area contributed by atoms with Crippen molar-refractivity contribution in [3.05, 3.63) is 12.7 Å². The quantitative estimate of drug-likeness (QED) is 0.615. The van der Waals surface area contributed by atoms with E-state index in [9.17, 15) is 9.59 Å². The third-order valence-electron chi connectivity index (χ3n) is 2.38. The second kappa shape index (κ2) is 7.00. The number of hydrogen-bond donors (Lipinski definition) is 3. The Morgan fingerprint density at radius 2 is 2.00 bits per heavy atom. The Bertz CT molecular complexity index is 310. The predicted molar refractivity (Wildman–Crippen MR) is 68.3 cm³/mol. The van der Waals surface area contributed by atoms with Crippen molar-refractivity contribution >= 4 is 12.0 Å². The molecule has 1 atom stereocenters. The summed E-state index contributed by atoms with van der Waals surface area (Å²) in [5.74, 6) is -1.16. The largest absolute Gasteiger partial charge is 0.480 e. The molecule has 0 rings (SSSR count). The molecule has 3 N–H and O–H groups in total. The van der Waals surface area contributed by atoms with Crippen LogP contribution in [0.25, 0.3) is 0 Å². The average molecular weight is 258 g/mol. The number of aliphatic hydroxyl groups excluding tert-OH is 1. The zero-order valence-corrected chi connectivity index (χ0v) is 11.1. The van der Waals surface area contributed by atoms with E-state index in [4.69, 9.17) is 10.2 Å².